The van der Waals surface area contributed by atoms with Crippen molar-refractivity contribution in [1.82, 2.24) is 9.99 Å². The van der Waals surface area contributed by atoms with Gasteiger partial charge in [-0.15, -0.1) is 0 Å². The Morgan fingerprint density at radius 2 is 2.00 bits per heavy atom. The number of carbonyl (C=O) groups is 1. The van der Waals surface area contributed by atoms with Crippen molar-refractivity contribution in [2.24, 2.45) is 5.10 Å². The molecule has 0 saturated carbocycles. The van der Waals surface area contributed by atoms with Gasteiger partial charge < -0.3 is 4.57 Å². The molecule has 0 unspecified atom stereocenters. The number of hydrogen-bond acceptors (Lipinski definition) is 2. The summed E-state index contributed by atoms with van der Waals surface area (Å²) in [5.41, 5.74) is 6.03. The van der Waals surface area contributed by atoms with E-state index in [0.29, 0.717) is 5.56 Å². The lowest BCUT2D eigenvalue weighted by molar-refractivity contribution is 0.0955. The smallest absolute Gasteiger partial charge is 0.271 e. The van der Waals surface area contributed by atoms with Crippen LogP contribution in [0.15, 0.2) is 35.4 Å². The van der Waals surface area contributed by atoms with Crippen molar-refractivity contribution in [2.45, 2.75) is 27.3 Å². The van der Waals surface area contributed by atoms with E-state index in [4.69, 9.17) is 0 Å². The molecule has 0 bridgehead atoms. The van der Waals surface area contributed by atoms with E-state index in [2.05, 4.69) is 22.0 Å². The molecule has 0 fully saturated rings. The Labute approximate surface area is 123 Å². The number of amides is 1. The average Bonchev–Trinajstić information content (AvgIpc) is 2.73. The first-order valence-corrected chi connectivity index (χ1v) is 6.78. The maximum Gasteiger partial charge on any atom is 0.271 e. The van der Waals surface area contributed by atoms with Crippen molar-refractivity contribution < 1.29 is 9.18 Å². The molecule has 2 aromatic rings. The van der Waals surface area contributed by atoms with Gasteiger partial charge in [0.15, 0.2) is 0 Å². The highest BCUT2D eigenvalue weighted by molar-refractivity contribution is 5.94. The molecule has 110 valence electrons. The lowest BCUT2D eigenvalue weighted by Crippen LogP contribution is -2.17. The van der Waals surface area contributed by atoms with Gasteiger partial charge in [0.25, 0.3) is 5.91 Å². The van der Waals surface area contributed by atoms with Gasteiger partial charge in [-0.25, -0.2) is 9.82 Å². The van der Waals surface area contributed by atoms with Crippen molar-refractivity contribution >= 4 is 12.1 Å². The first-order chi connectivity index (χ1) is 10.0. The summed E-state index contributed by atoms with van der Waals surface area (Å²) < 4.78 is 14.9. The number of halogens is 1. The third-order valence-corrected chi connectivity index (χ3v) is 3.41. The zero-order chi connectivity index (χ0) is 15.4. The van der Waals surface area contributed by atoms with Crippen LogP contribution in [0.2, 0.25) is 0 Å². The van der Waals surface area contributed by atoms with Crippen molar-refractivity contribution in [3.63, 3.8) is 0 Å². The molecular weight excluding hydrogens is 269 g/mol. The Morgan fingerprint density at radius 1 is 1.33 bits per heavy atom. The predicted octanol–water partition coefficient (Wildman–Crippen LogP) is 3.03. The van der Waals surface area contributed by atoms with E-state index in [-0.39, 0.29) is 11.7 Å². The van der Waals surface area contributed by atoms with Gasteiger partial charge in [0.05, 0.1) is 6.21 Å². The number of hydrazone groups is 1. The summed E-state index contributed by atoms with van der Waals surface area (Å²) in [4.78, 5) is 11.8. The molecule has 0 aliphatic rings. The van der Waals surface area contributed by atoms with Crippen LogP contribution >= 0.6 is 0 Å². The first kappa shape index (κ1) is 15.0. The second kappa shape index (κ2) is 6.35. The fourth-order valence-electron chi connectivity index (χ4n) is 2.27. The van der Waals surface area contributed by atoms with Crippen LogP contribution in [-0.4, -0.2) is 16.7 Å². The molecule has 1 heterocycles. The van der Waals surface area contributed by atoms with E-state index in [0.717, 1.165) is 23.5 Å². The maximum absolute atomic E-state index is 12.8. The molecule has 0 aliphatic heterocycles. The normalized spacial score (nSPS) is 11.0. The molecule has 1 aromatic carbocycles. The monoisotopic (exact) mass is 287 g/mol. The van der Waals surface area contributed by atoms with Crippen molar-refractivity contribution in [3.8, 4) is 0 Å². The third kappa shape index (κ3) is 3.37. The van der Waals surface area contributed by atoms with E-state index < -0.39 is 0 Å². The third-order valence-electron chi connectivity index (χ3n) is 3.41. The second-order valence-electron chi connectivity index (χ2n) is 4.78. The summed E-state index contributed by atoms with van der Waals surface area (Å²) in [6, 6.07) is 7.35. The lowest BCUT2D eigenvalue weighted by Gasteiger charge is -2.04. The molecular formula is C16H18FN3O. The van der Waals surface area contributed by atoms with Gasteiger partial charge in [0.1, 0.15) is 5.82 Å². The number of nitrogens with one attached hydrogen (secondary N) is 1. The number of aryl methyl sites for hydroxylation is 1. The van der Waals surface area contributed by atoms with Gasteiger partial charge in [-0.1, -0.05) is 0 Å². The molecule has 0 radical (unpaired) electrons. The minimum atomic E-state index is -0.373. The fourth-order valence-corrected chi connectivity index (χ4v) is 2.27. The largest absolute Gasteiger partial charge is 0.349 e. The molecule has 0 saturated heterocycles. The second-order valence-corrected chi connectivity index (χ2v) is 4.78. The van der Waals surface area contributed by atoms with Gasteiger partial charge in [-0.05, 0) is 51.1 Å². The lowest BCUT2D eigenvalue weighted by atomic mass is 10.2. The Morgan fingerprint density at radius 3 is 2.57 bits per heavy atom. The summed E-state index contributed by atoms with van der Waals surface area (Å²) in [6.07, 6.45) is 1.62. The van der Waals surface area contributed by atoms with Crippen molar-refractivity contribution in [1.29, 1.82) is 0 Å². The molecule has 21 heavy (non-hydrogen) atoms. The minimum absolute atomic E-state index is 0.365. The highest BCUT2D eigenvalue weighted by Crippen LogP contribution is 2.12. The van der Waals surface area contributed by atoms with E-state index in [1.54, 1.807) is 6.21 Å². The SMILES string of the molecule is CCn1c(C)cc(C=NNC(=O)c2ccc(F)cc2)c1C. The summed E-state index contributed by atoms with van der Waals surface area (Å²) in [5.74, 6) is -0.738. The highest BCUT2D eigenvalue weighted by Gasteiger charge is 2.06. The summed E-state index contributed by atoms with van der Waals surface area (Å²) in [5, 5.41) is 3.96. The van der Waals surface area contributed by atoms with E-state index >= 15 is 0 Å². The molecule has 1 aromatic heterocycles. The number of rotatable bonds is 4. The van der Waals surface area contributed by atoms with Gasteiger partial charge in [0.2, 0.25) is 0 Å². The fraction of sp³-hybridized carbons (Fsp3) is 0.250. The summed E-state index contributed by atoms with van der Waals surface area (Å²) in [6.45, 7) is 7.02. The minimum Gasteiger partial charge on any atom is -0.349 e. The van der Waals surface area contributed by atoms with E-state index in [9.17, 15) is 9.18 Å². The van der Waals surface area contributed by atoms with Crippen LogP contribution in [0, 0.1) is 19.7 Å². The number of nitrogens with zero attached hydrogens (tertiary/aromatic N) is 2. The number of aromatic nitrogens is 1. The Balaban J connectivity index is 2.05. The molecule has 1 N–H and O–H groups in total. The van der Waals surface area contributed by atoms with E-state index in [1.165, 1.54) is 24.3 Å². The standard InChI is InChI=1S/C16H18FN3O/c1-4-20-11(2)9-14(12(20)3)10-18-19-16(21)13-5-7-15(17)8-6-13/h5-10H,4H2,1-3H3,(H,19,21). The Hall–Kier alpha value is -2.43. The maximum atomic E-state index is 12.8. The molecule has 5 heteroatoms. The van der Waals surface area contributed by atoms with Gasteiger partial charge in [-0.2, -0.15) is 5.10 Å². The number of carbonyl (C=O) groups excluding carboxylic acids is 1. The summed E-state index contributed by atoms with van der Waals surface area (Å²) in [7, 11) is 0. The van der Waals surface area contributed by atoms with Gasteiger partial charge in [0, 0.05) is 29.1 Å². The molecule has 0 aliphatic carbocycles. The van der Waals surface area contributed by atoms with Gasteiger partial charge in [-0.3, -0.25) is 4.79 Å². The van der Waals surface area contributed by atoms with Crippen molar-refractivity contribution in [3.05, 3.63) is 58.7 Å². The molecule has 2 rings (SSSR count). The van der Waals surface area contributed by atoms with Crippen LogP contribution in [0.4, 0.5) is 4.39 Å². The first-order valence-electron chi connectivity index (χ1n) is 6.78. The zero-order valence-electron chi connectivity index (χ0n) is 12.4. The Bertz CT molecular complexity index is 672. The van der Waals surface area contributed by atoms with Crippen LogP contribution in [0.3, 0.4) is 0 Å². The topological polar surface area (TPSA) is 46.4 Å². The molecule has 1 amide bonds. The average molecular weight is 287 g/mol. The number of benzene rings is 1. The highest BCUT2D eigenvalue weighted by atomic mass is 19.1. The van der Waals surface area contributed by atoms with Crippen LogP contribution in [-0.2, 0) is 6.54 Å². The van der Waals surface area contributed by atoms with E-state index in [1.807, 2.05) is 19.9 Å². The van der Waals surface area contributed by atoms with Crippen LogP contribution < -0.4 is 5.43 Å². The number of hydrogen-bond donors (Lipinski definition) is 1. The van der Waals surface area contributed by atoms with Crippen LogP contribution in [0.1, 0.15) is 34.2 Å². The van der Waals surface area contributed by atoms with Crippen LogP contribution in [0.5, 0.6) is 0 Å². The zero-order valence-corrected chi connectivity index (χ0v) is 12.4. The van der Waals surface area contributed by atoms with Gasteiger partial charge >= 0.3 is 0 Å². The van der Waals surface area contributed by atoms with Crippen molar-refractivity contribution in [2.75, 3.05) is 0 Å². The Kier molecular flexibility index (Phi) is 4.52. The van der Waals surface area contributed by atoms with Crippen LogP contribution in [0.25, 0.3) is 0 Å². The molecule has 0 spiro atoms. The summed E-state index contributed by atoms with van der Waals surface area (Å²) >= 11 is 0. The predicted molar refractivity (Wildman–Crippen MR) is 81.0 cm³/mol. The molecule has 4 nitrogen and oxygen atoms in total. The quantitative estimate of drug-likeness (QED) is 0.682. The molecule has 0 atom stereocenters.